The van der Waals surface area contributed by atoms with Gasteiger partial charge in [0, 0.05) is 13.0 Å². The van der Waals surface area contributed by atoms with E-state index in [1.54, 1.807) is 0 Å². The summed E-state index contributed by atoms with van der Waals surface area (Å²) >= 11 is 0. The maximum atomic E-state index is 11.8. The quantitative estimate of drug-likeness (QED) is 0.0647. The molecule has 0 heterocycles. The smallest absolute Gasteiger partial charge is 0.305 e. The molecular weight excluding hydrogens is 468 g/mol. The van der Waals surface area contributed by atoms with Gasteiger partial charge in [-0.15, -0.1) is 0 Å². The maximum Gasteiger partial charge on any atom is 0.305 e. The van der Waals surface area contributed by atoms with Crippen LogP contribution in [0.1, 0.15) is 136 Å². The molecule has 0 saturated carbocycles. The second-order valence-corrected chi connectivity index (χ2v) is 10.1. The molecule has 0 radical (unpaired) electrons. The Morgan fingerprint density at radius 2 is 0.703 bits per heavy atom. The summed E-state index contributed by atoms with van der Waals surface area (Å²) in [6.45, 7) is 9.40. The zero-order chi connectivity index (χ0) is 26.9. The molecule has 37 heavy (non-hydrogen) atoms. The van der Waals surface area contributed by atoms with Crippen LogP contribution in [0, 0.1) is 0 Å². The van der Waals surface area contributed by atoms with Gasteiger partial charge in [0.15, 0.2) is 0 Å². The van der Waals surface area contributed by atoms with Gasteiger partial charge >= 0.3 is 5.97 Å². The van der Waals surface area contributed by atoms with Crippen molar-refractivity contribution in [3.8, 4) is 0 Å². The third-order valence-corrected chi connectivity index (χ3v) is 6.48. The van der Waals surface area contributed by atoms with E-state index in [9.17, 15) is 4.79 Å². The van der Waals surface area contributed by atoms with Crippen LogP contribution in [0.5, 0.6) is 0 Å². The van der Waals surface area contributed by atoms with Crippen LogP contribution in [0.15, 0.2) is 0 Å². The molecule has 0 aliphatic rings. The lowest BCUT2D eigenvalue weighted by Crippen LogP contribution is -2.14. The minimum absolute atomic E-state index is 0.110. The van der Waals surface area contributed by atoms with Gasteiger partial charge in [0.25, 0.3) is 0 Å². The van der Waals surface area contributed by atoms with Gasteiger partial charge in [-0.05, 0) is 12.8 Å². The predicted molar refractivity (Wildman–Crippen MR) is 153 cm³/mol. The van der Waals surface area contributed by atoms with Crippen LogP contribution in [-0.4, -0.2) is 65.4 Å². The number of unbranched alkanes of at least 4 members (excludes halogenated alkanes) is 16. The Kier molecular flexibility index (Phi) is 32.7. The minimum atomic E-state index is -0.110. The lowest BCUT2D eigenvalue weighted by molar-refractivity contribution is -0.145. The molecular formula is C31H62O6. The van der Waals surface area contributed by atoms with Crippen molar-refractivity contribution in [3.63, 3.8) is 0 Å². The first-order chi connectivity index (χ1) is 18.3. The molecule has 0 aliphatic heterocycles. The zero-order valence-corrected chi connectivity index (χ0v) is 24.7. The molecule has 0 rings (SSSR count). The largest absolute Gasteiger partial charge is 0.463 e. The Balaban J connectivity index is 3.14. The summed E-state index contributed by atoms with van der Waals surface area (Å²) in [5, 5.41) is 0. The Morgan fingerprint density at radius 3 is 1.14 bits per heavy atom. The lowest BCUT2D eigenvalue weighted by atomic mass is 10.0. The van der Waals surface area contributed by atoms with Crippen LogP contribution in [0.4, 0.5) is 0 Å². The molecule has 0 amide bonds. The van der Waals surface area contributed by atoms with Crippen molar-refractivity contribution in [3.05, 3.63) is 0 Å². The van der Waals surface area contributed by atoms with E-state index in [2.05, 4.69) is 13.8 Å². The molecule has 0 fully saturated rings. The molecule has 0 aliphatic carbocycles. The normalized spacial score (nSPS) is 11.3. The lowest BCUT2D eigenvalue weighted by Gasteiger charge is -2.08. The molecule has 0 aromatic carbocycles. The van der Waals surface area contributed by atoms with Crippen molar-refractivity contribution in [2.24, 2.45) is 0 Å². The summed E-state index contributed by atoms with van der Waals surface area (Å²) in [5.41, 5.74) is 0. The molecule has 222 valence electrons. The average molecular weight is 531 g/mol. The van der Waals surface area contributed by atoms with Crippen LogP contribution in [-0.2, 0) is 28.5 Å². The number of esters is 1. The highest BCUT2D eigenvalue weighted by Gasteiger charge is 2.03. The summed E-state index contributed by atoms with van der Waals surface area (Å²) in [6, 6.07) is 0. The highest BCUT2D eigenvalue weighted by atomic mass is 16.6. The monoisotopic (exact) mass is 530 g/mol. The molecule has 0 N–H and O–H groups in total. The van der Waals surface area contributed by atoms with Crippen molar-refractivity contribution < 1.29 is 28.5 Å². The fraction of sp³-hybridized carbons (Fsp3) is 0.968. The number of rotatable bonds is 32. The van der Waals surface area contributed by atoms with E-state index < -0.39 is 0 Å². The summed E-state index contributed by atoms with van der Waals surface area (Å²) in [6.07, 6.45) is 24.0. The fourth-order valence-corrected chi connectivity index (χ4v) is 4.14. The SMILES string of the molecule is CCCCCCCCCCCCCCCCCC(=O)OCCOCCOCCOCCOCCCCC. The van der Waals surface area contributed by atoms with Crippen LogP contribution in [0.3, 0.4) is 0 Å². The average Bonchev–Trinajstić information content (AvgIpc) is 2.90. The maximum absolute atomic E-state index is 11.8. The molecule has 0 atom stereocenters. The molecule has 0 spiro atoms. The van der Waals surface area contributed by atoms with Gasteiger partial charge < -0.3 is 23.7 Å². The number of hydrogen-bond acceptors (Lipinski definition) is 6. The first kappa shape index (κ1) is 36.3. The zero-order valence-electron chi connectivity index (χ0n) is 24.7. The Morgan fingerprint density at radius 1 is 0.378 bits per heavy atom. The number of ether oxygens (including phenoxy) is 5. The van der Waals surface area contributed by atoms with Crippen LogP contribution >= 0.6 is 0 Å². The molecule has 0 bridgehead atoms. The summed E-state index contributed by atoms with van der Waals surface area (Å²) in [5.74, 6) is -0.110. The molecule has 0 aromatic heterocycles. The number of hydrogen-bond donors (Lipinski definition) is 0. The van der Waals surface area contributed by atoms with Crippen molar-refractivity contribution in [1.82, 2.24) is 0 Å². The Bertz CT molecular complexity index is 432. The molecule has 0 aromatic rings. The van der Waals surface area contributed by atoms with Crippen molar-refractivity contribution in [2.75, 3.05) is 59.5 Å². The van der Waals surface area contributed by atoms with Gasteiger partial charge in [-0.25, -0.2) is 0 Å². The van der Waals surface area contributed by atoms with Crippen molar-refractivity contribution in [2.45, 2.75) is 136 Å². The predicted octanol–water partition coefficient (Wildman–Crippen LogP) is 8.05. The van der Waals surface area contributed by atoms with E-state index in [0.29, 0.717) is 59.3 Å². The van der Waals surface area contributed by atoms with E-state index >= 15 is 0 Å². The van der Waals surface area contributed by atoms with Crippen LogP contribution < -0.4 is 0 Å². The summed E-state index contributed by atoms with van der Waals surface area (Å²) < 4.78 is 27.1. The second-order valence-electron chi connectivity index (χ2n) is 10.1. The minimum Gasteiger partial charge on any atom is -0.463 e. The van der Waals surface area contributed by atoms with Gasteiger partial charge in [0.2, 0.25) is 0 Å². The second kappa shape index (κ2) is 33.3. The topological polar surface area (TPSA) is 63.2 Å². The van der Waals surface area contributed by atoms with Crippen LogP contribution in [0.25, 0.3) is 0 Å². The van der Waals surface area contributed by atoms with E-state index in [0.717, 1.165) is 25.9 Å². The number of carbonyl (C=O) groups excluding carboxylic acids is 1. The fourth-order valence-electron chi connectivity index (χ4n) is 4.14. The Hall–Kier alpha value is -0.690. The summed E-state index contributed by atoms with van der Waals surface area (Å²) in [4.78, 5) is 11.8. The van der Waals surface area contributed by atoms with Gasteiger partial charge in [-0.1, -0.05) is 117 Å². The third-order valence-electron chi connectivity index (χ3n) is 6.48. The number of carbonyl (C=O) groups is 1. The highest BCUT2D eigenvalue weighted by Crippen LogP contribution is 2.13. The summed E-state index contributed by atoms with van der Waals surface area (Å²) in [7, 11) is 0. The van der Waals surface area contributed by atoms with Gasteiger partial charge in [-0.2, -0.15) is 0 Å². The van der Waals surface area contributed by atoms with Crippen LogP contribution in [0.2, 0.25) is 0 Å². The van der Waals surface area contributed by atoms with E-state index in [1.807, 2.05) is 0 Å². The molecule has 6 heteroatoms. The van der Waals surface area contributed by atoms with Crippen molar-refractivity contribution in [1.29, 1.82) is 0 Å². The first-order valence-electron chi connectivity index (χ1n) is 15.8. The van der Waals surface area contributed by atoms with Gasteiger partial charge in [-0.3, -0.25) is 4.79 Å². The highest BCUT2D eigenvalue weighted by molar-refractivity contribution is 5.69. The van der Waals surface area contributed by atoms with E-state index in [-0.39, 0.29) is 5.97 Å². The molecule has 0 unspecified atom stereocenters. The molecule has 0 saturated heterocycles. The van der Waals surface area contributed by atoms with E-state index in [4.69, 9.17) is 23.7 Å². The first-order valence-corrected chi connectivity index (χ1v) is 15.8. The van der Waals surface area contributed by atoms with Gasteiger partial charge in [0.1, 0.15) is 6.61 Å². The van der Waals surface area contributed by atoms with E-state index in [1.165, 1.54) is 96.3 Å². The van der Waals surface area contributed by atoms with Crippen molar-refractivity contribution >= 4 is 5.97 Å². The molecule has 6 nitrogen and oxygen atoms in total. The van der Waals surface area contributed by atoms with Gasteiger partial charge in [0.05, 0.1) is 46.2 Å². The standard InChI is InChI=1S/C31H62O6/c1-3-5-7-8-9-10-11-12-13-14-15-16-17-18-19-21-31(32)37-30-29-36-28-27-35-26-25-34-24-23-33-22-20-6-4-2/h3-30H2,1-2H3. The Labute approximate surface area is 229 Å². The third kappa shape index (κ3) is 33.3.